The van der Waals surface area contributed by atoms with Crippen LogP contribution in [0.1, 0.15) is 37.7 Å². The first kappa shape index (κ1) is 17.2. The minimum absolute atomic E-state index is 0.0390. The molecule has 2 amide bonds. The number of aryl methyl sites for hydroxylation is 1. The molecule has 0 radical (unpaired) electrons. The first-order valence-corrected chi connectivity index (χ1v) is 8.07. The Hall–Kier alpha value is -2.11. The number of urea groups is 1. The maximum Gasteiger partial charge on any atom is 0.315 e. The SMILES string of the molecule is O=C(NCCCc1ccccc1F)NC1CCC(C(=O)O)CC1. The average molecular weight is 322 g/mol. The standard InChI is InChI=1S/C17H23FN2O3/c18-15-6-2-1-4-12(15)5-3-11-19-17(23)20-14-9-7-13(8-10-14)16(21)22/h1-2,4,6,13-14H,3,5,7-11H2,(H,21,22)(H2,19,20,23). The van der Waals surface area contributed by atoms with Crippen LogP contribution in [-0.4, -0.2) is 29.7 Å². The van der Waals surface area contributed by atoms with E-state index in [1.807, 2.05) is 0 Å². The second-order valence-electron chi connectivity index (χ2n) is 5.98. The summed E-state index contributed by atoms with van der Waals surface area (Å²) in [6, 6.07) is 6.43. The molecule has 1 aliphatic rings. The highest BCUT2D eigenvalue weighted by atomic mass is 19.1. The van der Waals surface area contributed by atoms with Gasteiger partial charge in [-0.15, -0.1) is 0 Å². The molecule has 0 spiro atoms. The van der Waals surface area contributed by atoms with E-state index in [2.05, 4.69) is 10.6 Å². The van der Waals surface area contributed by atoms with Gasteiger partial charge in [0, 0.05) is 12.6 Å². The molecule has 0 unspecified atom stereocenters. The minimum atomic E-state index is -0.749. The zero-order valence-corrected chi connectivity index (χ0v) is 13.1. The van der Waals surface area contributed by atoms with E-state index in [1.165, 1.54) is 6.07 Å². The molecule has 5 nitrogen and oxygen atoms in total. The molecular weight excluding hydrogens is 299 g/mol. The van der Waals surface area contributed by atoms with E-state index in [1.54, 1.807) is 18.2 Å². The van der Waals surface area contributed by atoms with Gasteiger partial charge in [-0.25, -0.2) is 9.18 Å². The molecule has 1 aliphatic carbocycles. The second kappa shape index (κ2) is 8.50. The third-order valence-corrected chi connectivity index (χ3v) is 4.28. The lowest BCUT2D eigenvalue weighted by Gasteiger charge is -2.26. The summed E-state index contributed by atoms with van der Waals surface area (Å²) in [5.41, 5.74) is 0.654. The van der Waals surface area contributed by atoms with Crippen molar-refractivity contribution in [2.45, 2.75) is 44.6 Å². The van der Waals surface area contributed by atoms with Crippen molar-refractivity contribution in [1.29, 1.82) is 0 Å². The normalized spacial score (nSPS) is 20.7. The minimum Gasteiger partial charge on any atom is -0.481 e. The van der Waals surface area contributed by atoms with Gasteiger partial charge in [-0.1, -0.05) is 18.2 Å². The van der Waals surface area contributed by atoms with Gasteiger partial charge in [-0.3, -0.25) is 4.79 Å². The zero-order valence-electron chi connectivity index (χ0n) is 13.1. The number of carboxylic acids is 1. The van der Waals surface area contributed by atoms with E-state index < -0.39 is 5.97 Å². The highest BCUT2D eigenvalue weighted by Gasteiger charge is 2.26. The first-order chi connectivity index (χ1) is 11.1. The van der Waals surface area contributed by atoms with Crippen LogP contribution in [0.25, 0.3) is 0 Å². The summed E-state index contributed by atoms with van der Waals surface area (Å²) in [6.07, 6.45) is 3.84. The molecule has 0 saturated heterocycles. The van der Waals surface area contributed by atoms with Crippen molar-refractivity contribution in [3.05, 3.63) is 35.6 Å². The van der Waals surface area contributed by atoms with Gasteiger partial charge in [0.25, 0.3) is 0 Å². The van der Waals surface area contributed by atoms with Gasteiger partial charge in [-0.2, -0.15) is 0 Å². The number of carbonyl (C=O) groups is 2. The summed E-state index contributed by atoms with van der Waals surface area (Å²) in [4.78, 5) is 22.7. The van der Waals surface area contributed by atoms with Crippen LogP contribution in [0.4, 0.5) is 9.18 Å². The summed E-state index contributed by atoms with van der Waals surface area (Å²) >= 11 is 0. The number of hydrogen-bond donors (Lipinski definition) is 3. The van der Waals surface area contributed by atoms with Crippen LogP contribution in [-0.2, 0) is 11.2 Å². The predicted octanol–water partition coefficient (Wildman–Crippen LogP) is 2.70. The number of nitrogens with one attached hydrogen (secondary N) is 2. The van der Waals surface area contributed by atoms with Crippen LogP contribution in [0.5, 0.6) is 0 Å². The molecule has 1 fully saturated rings. The van der Waals surface area contributed by atoms with Crippen LogP contribution in [0.3, 0.4) is 0 Å². The average Bonchev–Trinajstić information content (AvgIpc) is 2.53. The molecule has 3 N–H and O–H groups in total. The van der Waals surface area contributed by atoms with Crippen molar-refractivity contribution in [3.8, 4) is 0 Å². The molecule has 6 heteroatoms. The van der Waals surface area contributed by atoms with Gasteiger partial charge in [0.15, 0.2) is 0 Å². The first-order valence-electron chi connectivity index (χ1n) is 8.07. The molecular formula is C17H23FN2O3. The van der Waals surface area contributed by atoms with E-state index in [0.29, 0.717) is 50.6 Å². The van der Waals surface area contributed by atoms with Crippen molar-refractivity contribution in [2.24, 2.45) is 5.92 Å². The van der Waals surface area contributed by atoms with E-state index in [0.717, 1.165) is 0 Å². The van der Waals surface area contributed by atoms with E-state index in [-0.39, 0.29) is 23.8 Å². The monoisotopic (exact) mass is 322 g/mol. The third kappa shape index (κ3) is 5.54. The van der Waals surface area contributed by atoms with Gasteiger partial charge in [0.1, 0.15) is 5.82 Å². The van der Waals surface area contributed by atoms with E-state index in [9.17, 15) is 14.0 Å². The van der Waals surface area contributed by atoms with Crippen molar-refractivity contribution in [3.63, 3.8) is 0 Å². The van der Waals surface area contributed by atoms with Crippen LogP contribution in [0.15, 0.2) is 24.3 Å². The zero-order chi connectivity index (χ0) is 16.7. The van der Waals surface area contributed by atoms with Crippen molar-refractivity contribution < 1.29 is 19.1 Å². The molecule has 1 saturated carbocycles. The Balaban J connectivity index is 1.61. The number of rotatable bonds is 6. The summed E-state index contributed by atoms with van der Waals surface area (Å²) in [5.74, 6) is -1.25. The molecule has 0 aromatic heterocycles. The van der Waals surface area contributed by atoms with Crippen LogP contribution < -0.4 is 10.6 Å². The van der Waals surface area contributed by atoms with Gasteiger partial charge in [-0.05, 0) is 50.2 Å². The summed E-state index contributed by atoms with van der Waals surface area (Å²) in [6.45, 7) is 0.477. The Labute approximate surface area is 135 Å². The Morgan fingerprint density at radius 3 is 2.52 bits per heavy atom. The second-order valence-corrected chi connectivity index (χ2v) is 5.98. The quantitative estimate of drug-likeness (QED) is 0.705. The predicted molar refractivity (Wildman–Crippen MR) is 84.6 cm³/mol. The number of amides is 2. The Bertz CT molecular complexity index is 542. The Kier molecular flexibility index (Phi) is 6.38. The molecule has 126 valence electrons. The van der Waals surface area contributed by atoms with Crippen LogP contribution >= 0.6 is 0 Å². The summed E-state index contributed by atoms with van der Waals surface area (Å²) in [7, 11) is 0. The van der Waals surface area contributed by atoms with E-state index in [4.69, 9.17) is 5.11 Å². The van der Waals surface area contributed by atoms with Crippen molar-refractivity contribution in [1.82, 2.24) is 10.6 Å². The molecule has 23 heavy (non-hydrogen) atoms. The molecule has 0 bridgehead atoms. The Morgan fingerprint density at radius 2 is 1.87 bits per heavy atom. The fourth-order valence-corrected chi connectivity index (χ4v) is 2.90. The van der Waals surface area contributed by atoms with Gasteiger partial charge in [0.2, 0.25) is 0 Å². The fraction of sp³-hybridized carbons (Fsp3) is 0.529. The highest BCUT2D eigenvalue weighted by molar-refractivity contribution is 5.74. The lowest BCUT2D eigenvalue weighted by molar-refractivity contribution is -0.142. The largest absolute Gasteiger partial charge is 0.481 e. The number of hydrogen-bond acceptors (Lipinski definition) is 2. The van der Waals surface area contributed by atoms with Crippen LogP contribution in [0.2, 0.25) is 0 Å². The molecule has 0 atom stereocenters. The molecule has 0 aliphatic heterocycles. The third-order valence-electron chi connectivity index (χ3n) is 4.28. The van der Waals surface area contributed by atoms with Gasteiger partial charge in [0.05, 0.1) is 5.92 Å². The summed E-state index contributed by atoms with van der Waals surface area (Å²) < 4.78 is 13.4. The van der Waals surface area contributed by atoms with Gasteiger partial charge >= 0.3 is 12.0 Å². The molecule has 2 rings (SSSR count). The number of benzene rings is 1. The maximum absolute atomic E-state index is 13.4. The molecule has 0 heterocycles. The maximum atomic E-state index is 13.4. The number of aliphatic carboxylic acids is 1. The number of halogens is 1. The number of carbonyl (C=O) groups excluding carboxylic acids is 1. The lowest BCUT2D eigenvalue weighted by atomic mass is 9.86. The van der Waals surface area contributed by atoms with Crippen LogP contribution in [0, 0.1) is 11.7 Å². The lowest BCUT2D eigenvalue weighted by Crippen LogP contribution is -2.44. The fourth-order valence-electron chi connectivity index (χ4n) is 2.90. The van der Waals surface area contributed by atoms with Crippen molar-refractivity contribution in [2.75, 3.05) is 6.54 Å². The van der Waals surface area contributed by atoms with Crippen molar-refractivity contribution >= 4 is 12.0 Å². The Morgan fingerprint density at radius 1 is 1.17 bits per heavy atom. The molecule has 1 aromatic carbocycles. The summed E-state index contributed by atoms with van der Waals surface area (Å²) in [5, 5.41) is 14.6. The topological polar surface area (TPSA) is 78.4 Å². The number of carboxylic acid groups (broad SMARTS) is 1. The van der Waals surface area contributed by atoms with E-state index >= 15 is 0 Å². The smallest absolute Gasteiger partial charge is 0.315 e. The highest BCUT2D eigenvalue weighted by Crippen LogP contribution is 2.24. The molecule has 1 aromatic rings. The van der Waals surface area contributed by atoms with Gasteiger partial charge < -0.3 is 15.7 Å².